The Balaban J connectivity index is 3.35. The van der Waals surface area contributed by atoms with Crippen LogP contribution in [0, 0.1) is 0 Å². The Morgan fingerprint density at radius 2 is 2.43 bits per heavy atom. The summed E-state index contributed by atoms with van der Waals surface area (Å²) in [5, 5.41) is 8.68. The number of carbonyl (C=O) groups excluding carboxylic acids is 1. The molecule has 0 aliphatic carbocycles. The SMILES string of the molecule is CC(O)C(=O)CBr. The van der Waals surface area contributed by atoms with Gasteiger partial charge in [0, 0.05) is 0 Å². The smallest absolute Gasteiger partial charge is 0.171 e. The lowest BCUT2D eigenvalue weighted by molar-refractivity contribution is -0.123. The van der Waals surface area contributed by atoms with Crippen molar-refractivity contribution in [1.82, 2.24) is 0 Å². The molecule has 1 atom stereocenters. The van der Waals surface area contributed by atoms with Gasteiger partial charge in [0.05, 0.1) is 5.33 Å². The molecule has 1 unspecified atom stereocenters. The monoisotopic (exact) mass is 166 g/mol. The van der Waals surface area contributed by atoms with E-state index in [9.17, 15) is 4.79 Å². The summed E-state index contributed by atoms with van der Waals surface area (Å²) in [6.45, 7) is 1.45. The maximum absolute atomic E-state index is 10.2. The molecule has 0 aromatic carbocycles. The number of ketones is 1. The summed E-state index contributed by atoms with van der Waals surface area (Å²) in [6, 6.07) is 0. The van der Waals surface area contributed by atoms with Gasteiger partial charge in [-0.25, -0.2) is 0 Å². The van der Waals surface area contributed by atoms with Gasteiger partial charge in [0.2, 0.25) is 0 Å². The van der Waals surface area contributed by atoms with Crippen molar-refractivity contribution >= 4 is 21.7 Å². The molecule has 0 aromatic heterocycles. The Bertz CT molecular complexity index is 70.1. The van der Waals surface area contributed by atoms with Crippen molar-refractivity contribution in [2.75, 3.05) is 5.33 Å². The Kier molecular flexibility index (Phi) is 3.21. The number of Topliss-reactive ketones (excluding diaryl/α,β-unsaturated/α-hetero) is 1. The Morgan fingerprint density at radius 1 is 2.00 bits per heavy atom. The van der Waals surface area contributed by atoms with E-state index in [1.54, 1.807) is 0 Å². The van der Waals surface area contributed by atoms with Crippen LogP contribution in [0.15, 0.2) is 0 Å². The number of hydrogen-bond acceptors (Lipinski definition) is 2. The van der Waals surface area contributed by atoms with Gasteiger partial charge >= 0.3 is 0 Å². The summed E-state index contributed by atoms with van der Waals surface area (Å²) in [7, 11) is 0. The lowest BCUT2D eigenvalue weighted by Crippen LogP contribution is -2.16. The molecule has 0 saturated heterocycles. The first kappa shape index (κ1) is 7.11. The maximum Gasteiger partial charge on any atom is 0.171 e. The molecule has 0 aliphatic rings. The molecule has 0 bridgehead atoms. The van der Waals surface area contributed by atoms with Gasteiger partial charge in [-0.15, -0.1) is 0 Å². The number of rotatable bonds is 2. The van der Waals surface area contributed by atoms with Crippen LogP contribution in [0.5, 0.6) is 0 Å². The third-order valence-corrected chi connectivity index (χ3v) is 1.15. The second-order valence-electron chi connectivity index (χ2n) is 1.28. The van der Waals surface area contributed by atoms with Gasteiger partial charge in [0.25, 0.3) is 0 Å². The predicted octanol–water partition coefficient (Wildman–Crippen LogP) is 0.331. The maximum atomic E-state index is 10.2. The first-order chi connectivity index (χ1) is 3.18. The van der Waals surface area contributed by atoms with E-state index in [0.29, 0.717) is 0 Å². The summed E-state index contributed by atoms with van der Waals surface area (Å²) in [5.74, 6) is -0.181. The van der Waals surface area contributed by atoms with Crippen molar-refractivity contribution in [1.29, 1.82) is 0 Å². The molecule has 0 fully saturated rings. The van der Waals surface area contributed by atoms with Gasteiger partial charge in [0.15, 0.2) is 5.78 Å². The van der Waals surface area contributed by atoms with E-state index in [4.69, 9.17) is 5.11 Å². The topological polar surface area (TPSA) is 37.3 Å². The van der Waals surface area contributed by atoms with Crippen LogP contribution < -0.4 is 0 Å². The number of alkyl halides is 1. The minimum atomic E-state index is -0.820. The van der Waals surface area contributed by atoms with Crippen LogP contribution in [-0.4, -0.2) is 22.3 Å². The van der Waals surface area contributed by atoms with Gasteiger partial charge in [-0.1, -0.05) is 15.9 Å². The Morgan fingerprint density at radius 3 is 2.43 bits per heavy atom. The molecule has 0 saturated carbocycles. The van der Waals surface area contributed by atoms with E-state index in [1.807, 2.05) is 0 Å². The van der Waals surface area contributed by atoms with Crippen molar-refractivity contribution in [3.63, 3.8) is 0 Å². The van der Waals surface area contributed by atoms with E-state index in [-0.39, 0.29) is 11.1 Å². The number of aliphatic hydroxyl groups excluding tert-OH is 1. The number of halogens is 1. The van der Waals surface area contributed by atoms with Gasteiger partial charge < -0.3 is 5.11 Å². The summed E-state index contributed by atoms with van der Waals surface area (Å²) in [5.41, 5.74) is 0. The fraction of sp³-hybridized carbons (Fsp3) is 0.750. The Hall–Kier alpha value is 0.110. The highest BCUT2D eigenvalue weighted by Crippen LogP contribution is 1.87. The van der Waals surface area contributed by atoms with Crippen molar-refractivity contribution in [3.8, 4) is 0 Å². The minimum absolute atomic E-state index is 0.181. The average Bonchev–Trinajstić information content (AvgIpc) is 1.65. The van der Waals surface area contributed by atoms with E-state index in [2.05, 4.69) is 15.9 Å². The highest BCUT2D eigenvalue weighted by molar-refractivity contribution is 9.09. The first-order valence-corrected chi connectivity index (χ1v) is 3.07. The zero-order chi connectivity index (χ0) is 5.86. The number of carbonyl (C=O) groups is 1. The van der Waals surface area contributed by atoms with Crippen LogP contribution in [0.2, 0.25) is 0 Å². The average molecular weight is 167 g/mol. The van der Waals surface area contributed by atoms with Crippen LogP contribution in [0.4, 0.5) is 0 Å². The molecule has 0 radical (unpaired) electrons. The molecule has 0 amide bonds. The number of aliphatic hydroxyl groups is 1. The predicted molar refractivity (Wildman–Crippen MR) is 30.5 cm³/mol. The largest absolute Gasteiger partial charge is 0.386 e. The molecule has 0 aliphatic heterocycles. The molecular formula is C4H7BrO2. The highest BCUT2D eigenvalue weighted by Gasteiger charge is 2.03. The summed E-state index contributed by atoms with van der Waals surface area (Å²) in [6.07, 6.45) is -0.820. The van der Waals surface area contributed by atoms with Crippen LogP contribution in [0.25, 0.3) is 0 Å². The molecule has 2 nitrogen and oxygen atoms in total. The molecule has 0 aromatic rings. The van der Waals surface area contributed by atoms with Gasteiger partial charge in [-0.3, -0.25) is 4.79 Å². The minimum Gasteiger partial charge on any atom is -0.386 e. The molecule has 0 spiro atoms. The standard InChI is InChI=1S/C4H7BrO2/c1-3(6)4(7)2-5/h3,6H,2H2,1H3. The zero-order valence-corrected chi connectivity index (χ0v) is 5.60. The molecular weight excluding hydrogens is 160 g/mol. The fourth-order valence-corrected chi connectivity index (χ4v) is 0.580. The molecule has 42 valence electrons. The van der Waals surface area contributed by atoms with Crippen molar-refractivity contribution < 1.29 is 9.90 Å². The van der Waals surface area contributed by atoms with Crippen LogP contribution in [0.1, 0.15) is 6.92 Å². The van der Waals surface area contributed by atoms with Crippen molar-refractivity contribution in [2.45, 2.75) is 13.0 Å². The second kappa shape index (κ2) is 3.16. The third-order valence-electron chi connectivity index (χ3n) is 0.598. The van der Waals surface area contributed by atoms with Gasteiger partial charge in [0.1, 0.15) is 6.10 Å². The van der Waals surface area contributed by atoms with E-state index < -0.39 is 6.10 Å². The quantitative estimate of drug-likeness (QED) is 0.601. The molecule has 7 heavy (non-hydrogen) atoms. The van der Waals surface area contributed by atoms with Crippen LogP contribution in [-0.2, 0) is 4.79 Å². The molecule has 0 rings (SSSR count). The van der Waals surface area contributed by atoms with Crippen LogP contribution >= 0.6 is 15.9 Å². The first-order valence-electron chi connectivity index (χ1n) is 1.95. The Labute approximate surface area is 50.7 Å². The van der Waals surface area contributed by atoms with Gasteiger partial charge in [-0.05, 0) is 6.92 Å². The normalized spacial score (nSPS) is 13.6. The van der Waals surface area contributed by atoms with E-state index in [1.165, 1.54) is 6.92 Å². The zero-order valence-electron chi connectivity index (χ0n) is 4.02. The van der Waals surface area contributed by atoms with Crippen LogP contribution in [0.3, 0.4) is 0 Å². The van der Waals surface area contributed by atoms with E-state index in [0.717, 1.165) is 0 Å². The second-order valence-corrected chi connectivity index (χ2v) is 1.84. The summed E-state index contributed by atoms with van der Waals surface area (Å²) in [4.78, 5) is 10.2. The molecule has 3 heteroatoms. The molecule has 1 N–H and O–H groups in total. The lowest BCUT2D eigenvalue weighted by atomic mass is 10.3. The third kappa shape index (κ3) is 2.76. The number of hydrogen-bond donors (Lipinski definition) is 1. The van der Waals surface area contributed by atoms with Crippen molar-refractivity contribution in [2.24, 2.45) is 0 Å². The summed E-state index contributed by atoms with van der Waals surface area (Å²) >= 11 is 2.91. The highest BCUT2D eigenvalue weighted by atomic mass is 79.9. The molecule has 0 heterocycles. The lowest BCUT2D eigenvalue weighted by Gasteiger charge is -1.94. The van der Waals surface area contributed by atoms with E-state index >= 15 is 0 Å². The summed E-state index contributed by atoms with van der Waals surface area (Å²) < 4.78 is 0. The van der Waals surface area contributed by atoms with Gasteiger partial charge in [-0.2, -0.15) is 0 Å². The fourth-order valence-electron chi connectivity index (χ4n) is 0.112. The van der Waals surface area contributed by atoms with Crippen molar-refractivity contribution in [3.05, 3.63) is 0 Å².